The molecule has 5 nitrogen and oxygen atoms in total. The van der Waals surface area contributed by atoms with Gasteiger partial charge in [-0.25, -0.2) is 0 Å². The Morgan fingerprint density at radius 3 is 2.30 bits per heavy atom. The molecule has 0 aromatic heterocycles. The molecule has 0 saturated heterocycles. The van der Waals surface area contributed by atoms with E-state index < -0.39 is 5.60 Å². The van der Waals surface area contributed by atoms with E-state index in [2.05, 4.69) is 13.8 Å². The molecular formula is C25H38O5. The van der Waals surface area contributed by atoms with E-state index >= 15 is 0 Å². The van der Waals surface area contributed by atoms with Crippen LogP contribution in [0.2, 0.25) is 0 Å². The molecule has 5 heteroatoms. The van der Waals surface area contributed by atoms with Gasteiger partial charge in [-0.3, -0.25) is 14.4 Å². The molecule has 4 aliphatic carbocycles. The Morgan fingerprint density at radius 1 is 0.900 bits per heavy atom. The fraction of sp³-hybridized carbons (Fsp3) is 0.880. The Labute approximate surface area is 180 Å². The maximum Gasteiger partial charge on any atom is 0.303 e. The van der Waals surface area contributed by atoms with Crippen LogP contribution in [0.1, 0.15) is 92.4 Å². The van der Waals surface area contributed by atoms with E-state index in [9.17, 15) is 14.4 Å². The summed E-state index contributed by atoms with van der Waals surface area (Å²) in [4.78, 5) is 36.3. The lowest BCUT2D eigenvalue weighted by Gasteiger charge is -2.65. The molecular weight excluding hydrogens is 380 g/mol. The number of carbonyl (C=O) groups excluding carboxylic acids is 3. The minimum absolute atomic E-state index is 0.0746. The highest BCUT2D eigenvalue weighted by atomic mass is 16.6. The van der Waals surface area contributed by atoms with Crippen molar-refractivity contribution in [2.75, 3.05) is 0 Å². The molecule has 4 fully saturated rings. The fourth-order valence-corrected chi connectivity index (χ4v) is 8.31. The van der Waals surface area contributed by atoms with Crippen molar-refractivity contribution < 1.29 is 23.9 Å². The average molecular weight is 419 g/mol. The summed E-state index contributed by atoms with van der Waals surface area (Å²) in [6.07, 6.45) is 8.93. The van der Waals surface area contributed by atoms with Crippen LogP contribution in [0.5, 0.6) is 0 Å². The SMILES string of the molecule is CC(=O)O[C@H]1CC[C@@]2(C)[C@@H](CC[C@H]3[C@H]2CC[C@@]2(C)[C@H]3CCC(=O)[C@@]2(C)OC(C)=O)C1. The van der Waals surface area contributed by atoms with Gasteiger partial charge in [-0.1, -0.05) is 13.8 Å². The lowest BCUT2D eigenvalue weighted by molar-refractivity contribution is -0.215. The van der Waals surface area contributed by atoms with Crippen molar-refractivity contribution >= 4 is 17.7 Å². The number of fused-ring (bicyclic) bond motifs is 5. The number of hydrogen-bond donors (Lipinski definition) is 0. The zero-order chi connectivity index (χ0) is 21.9. The van der Waals surface area contributed by atoms with Crippen molar-refractivity contribution in [3.63, 3.8) is 0 Å². The van der Waals surface area contributed by atoms with Crippen LogP contribution in [0.25, 0.3) is 0 Å². The predicted octanol–water partition coefficient (Wildman–Crippen LogP) is 4.85. The molecule has 0 unspecified atom stereocenters. The normalized spacial score (nSPS) is 48.0. The summed E-state index contributed by atoms with van der Waals surface area (Å²) in [6.45, 7) is 9.49. The van der Waals surface area contributed by atoms with Gasteiger partial charge in [-0.15, -0.1) is 0 Å². The van der Waals surface area contributed by atoms with Crippen LogP contribution in [0.3, 0.4) is 0 Å². The van der Waals surface area contributed by atoms with Gasteiger partial charge in [-0.2, -0.15) is 0 Å². The van der Waals surface area contributed by atoms with Gasteiger partial charge in [0.2, 0.25) is 0 Å². The third-order valence-corrected chi connectivity index (χ3v) is 9.99. The number of hydrogen-bond acceptors (Lipinski definition) is 5. The van der Waals surface area contributed by atoms with E-state index in [1.165, 1.54) is 26.7 Å². The van der Waals surface area contributed by atoms with Crippen molar-refractivity contribution in [3.8, 4) is 0 Å². The third kappa shape index (κ3) is 3.14. The molecule has 8 atom stereocenters. The Hall–Kier alpha value is -1.39. The molecule has 0 aromatic rings. The Bertz CT molecular complexity index is 746. The summed E-state index contributed by atoms with van der Waals surface area (Å²) in [5.74, 6) is 1.82. The number of rotatable bonds is 2. The topological polar surface area (TPSA) is 69.7 Å². The molecule has 0 spiro atoms. The van der Waals surface area contributed by atoms with Crippen LogP contribution in [0.4, 0.5) is 0 Å². The van der Waals surface area contributed by atoms with Crippen LogP contribution >= 0.6 is 0 Å². The smallest absolute Gasteiger partial charge is 0.303 e. The molecule has 0 bridgehead atoms. The second-order valence-electron chi connectivity index (χ2n) is 11.2. The highest BCUT2D eigenvalue weighted by molar-refractivity contribution is 5.91. The molecule has 168 valence electrons. The number of Topliss-reactive ketones (excluding diaryl/α,β-unsaturated/α-hetero) is 1. The van der Waals surface area contributed by atoms with E-state index in [4.69, 9.17) is 9.47 Å². The van der Waals surface area contributed by atoms with Gasteiger partial charge < -0.3 is 9.47 Å². The van der Waals surface area contributed by atoms with E-state index in [-0.39, 0.29) is 34.7 Å². The Balaban J connectivity index is 1.59. The van der Waals surface area contributed by atoms with Gasteiger partial charge in [0.1, 0.15) is 6.10 Å². The van der Waals surface area contributed by atoms with Crippen LogP contribution in [0, 0.1) is 34.5 Å². The molecule has 0 aromatic carbocycles. The molecule has 0 N–H and O–H groups in total. The van der Waals surface area contributed by atoms with Gasteiger partial charge in [0.05, 0.1) is 0 Å². The summed E-state index contributed by atoms with van der Waals surface area (Å²) >= 11 is 0. The number of carbonyl (C=O) groups is 3. The Kier molecular flexibility index (Phi) is 5.34. The zero-order valence-corrected chi connectivity index (χ0v) is 19.3. The van der Waals surface area contributed by atoms with E-state index in [0.717, 1.165) is 38.5 Å². The standard InChI is InChI=1S/C25H38O5/c1-15(26)29-18-10-12-23(3)17(14-18)6-7-19-20(23)11-13-24(4)21(19)8-9-22(28)25(24,5)30-16(2)27/h17-21H,6-14H2,1-5H3/t17-,18-,19-,20+,21-,23-,24-,25+/m0/s1. The fourth-order valence-electron chi connectivity index (χ4n) is 8.31. The van der Waals surface area contributed by atoms with Gasteiger partial charge >= 0.3 is 11.9 Å². The van der Waals surface area contributed by atoms with Gasteiger partial charge in [0.25, 0.3) is 0 Å². The minimum atomic E-state index is -1.00. The van der Waals surface area contributed by atoms with Crippen molar-refractivity contribution in [1.82, 2.24) is 0 Å². The van der Waals surface area contributed by atoms with E-state index in [1.54, 1.807) is 0 Å². The molecule has 0 heterocycles. The first-order valence-electron chi connectivity index (χ1n) is 11.9. The van der Waals surface area contributed by atoms with E-state index in [0.29, 0.717) is 30.1 Å². The predicted molar refractivity (Wildman–Crippen MR) is 112 cm³/mol. The van der Waals surface area contributed by atoms with Crippen LogP contribution in [-0.4, -0.2) is 29.4 Å². The monoisotopic (exact) mass is 418 g/mol. The Morgan fingerprint density at radius 2 is 1.63 bits per heavy atom. The lowest BCUT2D eigenvalue weighted by Crippen LogP contribution is -2.65. The summed E-state index contributed by atoms with van der Waals surface area (Å²) in [5, 5.41) is 0. The highest BCUT2D eigenvalue weighted by Gasteiger charge is 2.65. The molecule has 0 amide bonds. The second-order valence-corrected chi connectivity index (χ2v) is 11.2. The summed E-state index contributed by atoms with van der Waals surface area (Å²) in [6, 6.07) is 0. The van der Waals surface area contributed by atoms with Crippen molar-refractivity contribution in [1.29, 1.82) is 0 Å². The summed E-state index contributed by atoms with van der Waals surface area (Å²) in [5.41, 5.74) is -1.01. The van der Waals surface area contributed by atoms with Gasteiger partial charge in [0.15, 0.2) is 11.4 Å². The number of ketones is 1. The maximum absolute atomic E-state index is 13.0. The number of ether oxygens (including phenoxy) is 2. The number of esters is 2. The van der Waals surface area contributed by atoms with Crippen LogP contribution in [-0.2, 0) is 23.9 Å². The van der Waals surface area contributed by atoms with Crippen molar-refractivity contribution in [3.05, 3.63) is 0 Å². The molecule has 0 radical (unpaired) electrons. The van der Waals surface area contributed by atoms with Crippen molar-refractivity contribution in [2.45, 2.75) is 104 Å². The largest absolute Gasteiger partial charge is 0.463 e. The van der Waals surface area contributed by atoms with Gasteiger partial charge in [0, 0.05) is 25.7 Å². The lowest BCUT2D eigenvalue weighted by atomic mass is 9.41. The summed E-state index contributed by atoms with van der Waals surface area (Å²) in [7, 11) is 0. The summed E-state index contributed by atoms with van der Waals surface area (Å²) < 4.78 is 11.4. The van der Waals surface area contributed by atoms with Crippen LogP contribution < -0.4 is 0 Å². The first-order chi connectivity index (χ1) is 14.0. The molecule has 4 aliphatic rings. The molecule has 0 aliphatic heterocycles. The van der Waals surface area contributed by atoms with Crippen LogP contribution in [0.15, 0.2) is 0 Å². The quantitative estimate of drug-likeness (QED) is 0.600. The average Bonchev–Trinajstić information content (AvgIpc) is 2.65. The third-order valence-electron chi connectivity index (χ3n) is 9.99. The molecule has 4 saturated carbocycles. The maximum atomic E-state index is 13.0. The molecule has 30 heavy (non-hydrogen) atoms. The minimum Gasteiger partial charge on any atom is -0.463 e. The zero-order valence-electron chi connectivity index (χ0n) is 19.3. The molecule has 4 rings (SSSR count). The first kappa shape index (κ1) is 21.8. The van der Waals surface area contributed by atoms with Gasteiger partial charge in [-0.05, 0) is 87.4 Å². The van der Waals surface area contributed by atoms with E-state index in [1.807, 2.05) is 6.92 Å². The second kappa shape index (κ2) is 7.34. The first-order valence-corrected chi connectivity index (χ1v) is 11.9. The van der Waals surface area contributed by atoms with Crippen molar-refractivity contribution in [2.24, 2.45) is 34.5 Å². The highest BCUT2D eigenvalue weighted by Crippen LogP contribution is 2.67.